The van der Waals surface area contributed by atoms with Crippen LogP contribution in [0.25, 0.3) is 0 Å². The third-order valence-electron chi connectivity index (χ3n) is 3.35. The van der Waals surface area contributed by atoms with Crippen molar-refractivity contribution in [1.29, 1.82) is 0 Å². The molecular weight excluding hydrogens is 230 g/mol. The molecule has 102 valence electrons. The van der Waals surface area contributed by atoms with Gasteiger partial charge in [-0.1, -0.05) is 40.0 Å². The van der Waals surface area contributed by atoms with Gasteiger partial charge in [0.2, 0.25) is 5.78 Å². The Bertz CT molecular complexity index is 335. The van der Waals surface area contributed by atoms with E-state index in [1.807, 2.05) is 0 Å². The topological polar surface area (TPSA) is 63.2 Å². The van der Waals surface area contributed by atoms with Gasteiger partial charge >= 0.3 is 0 Å². The Labute approximate surface area is 109 Å². The molecule has 1 N–H and O–H groups in total. The molecule has 0 radical (unpaired) electrons. The second kappa shape index (κ2) is 6.12. The number of hydrogen-bond acceptors (Lipinski definition) is 3. The number of ketones is 2. The van der Waals surface area contributed by atoms with Crippen molar-refractivity contribution >= 4 is 17.5 Å². The Hall–Kier alpha value is -1.19. The van der Waals surface area contributed by atoms with Crippen LogP contribution in [0.15, 0.2) is 0 Å². The number of amides is 1. The smallest absolute Gasteiger partial charge is 0.288 e. The van der Waals surface area contributed by atoms with Gasteiger partial charge in [-0.15, -0.1) is 0 Å². The molecule has 1 fully saturated rings. The lowest BCUT2D eigenvalue weighted by Gasteiger charge is -2.22. The van der Waals surface area contributed by atoms with E-state index in [1.165, 1.54) is 6.42 Å². The zero-order valence-electron chi connectivity index (χ0n) is 11.5. The maximum Gasteiger partial charge on any atom is 0.288 e. The van der Waals surface area contributed by atoms with Gasteiger partial charge in [0.15, 0.2) is 0 Å². The molecule has 0 aromatic carbocycles. The van der Waals surface area contributed by atoms with Crippen LogP contribution >= 0.6 is 0 Å². The van der Waals surface area contributed by atoms with Gasteiger partial charge in [-0.05, 0) is 12.8 Å². The predicted octanol–water partition coefficient (Wildman–Crippen LogP) is 2.01. The van der Waals surface area contributed by atoms with Crippen molar-refractivity contribution in [3.05, 3.63) is 0 Å². The number of Topliss-reactive ketones (excluding diaryl/α,β-unsaturated/α-hetero) is 2. The molecular formula is C14H23NO3. The Balaban J connectivity index is 2.41. The second-order valence-corrected chi connectivity index (χ2v) is 6.08. The average Bonchev–Trinajstić information content (AvgIpc) is 2.28. The number of carbonyl (C=O) groups is 3. The summed E-state index contributed by atoms with van der Waals surface area (Å²) in [4.78, 5) is 35.0. The van der Waals surface area contributed by atoms with Gasteiger partial charge in [0.05, 0.1) is 6.42 Å². The fourth-order valence-electron chi connectivity index (χ4n) is 2.00. The van der Waals surface area contributed by atoms with Crippen molar-refractivity contribution in [3.8, 4) is 0 Å². The molecule has 1 saturated carbocycles. The van der Waals surface area contributed by atoms with Gasteiger partial charge in [0.1, 0.15) is 5.78 Å². The van der Waals surface area contributed by atoms with Crippen LogP contribution in [0.3, 0.4) is 0 Å². The molecule has 18 heavy (non-hydrogen) atoms. The zero-order valence-corrected chi connectivity index (χ0v) is 11.5. The molecule has 1 aliphatic rings. The van der Waals surface area contributed by atoms with Crippen molar-refractivity contribution in [2.45, 2.75) is 65.3 Å². The lowest BCUT2D eigenvalue weighted by Crippen LogP contribution is -2.41. The van der Waals surface area contributed by atoms with Gasteiger partial charge in [-0.3, -0.25) is 14.4 Å². The predicted molar refractivity (Wildman–Crippen MR) is 69.1 cm³/mol. The number of nitrogens with one attached hydrogen (secondary N) is 1. The first-order chi connectivity index (χ1) is 8.30. The Kier molecular flexibility index (Phi) is 5.05. The maximum atomic E-state index is 11.7. The molecule has 0 unspecified atom stereocenters. The van der Waals surface area contributed by atoms with E-state index in [1.54, 1.807) is 20.8 Å². The minimum absolute atomic E-state index is 0.111. The summed E-state index contributed by atoms with van der Waals surface area (Å²) in [6.07, 6.45) is 4.98. The van der Waals surface area contributed by atoms with Crippen LogP contribution < -0.4 is 5.32 Å². The van der Waals surface area contributed by atoms with Gasteiger partial charge in [0, 0.05) is 11.5 Å². The summed E-state index contributed by atoms with van der Waals surface area (Å²) in [7, 11) is 0. The summed E-state index contributed by atoms with van der Waals surface area (Å²) in [5.74, 6) is -1.40. The molecule has 1 rings (SSSR count). The molecule has 4 nitrogen and oxygen atoms in total. The van der Waals surface area contributed by atoms with E-state index in [4.69, 9.17) is 0 Å². The zero-order chi connectivity index (χ0) is 13.8. The highest BCUT2D eigenvalue weighted by Gasteiger charge is 2.27. The quantitative estimate of drug-likeness (QED) is 0.615. The third-order valence-corrected chi connectivity index (χ3v) is 3.35. The fourth-order valence-corrected chi connectivity index (χ4v) is 2.00. The normalized spacial score (nSPS) is 17.3. The molecule has 1 amide bonds. The average molecular weight is 253 g/mol. The van der Waals surface area contributed by atoms with Crippen LogP contribution in [0.2, 0.25) is 0 Å². The molecule has 1 aliphatic carbocycles. The molecule has 0 heterocycles. The Morgan fingerprint density at radius 3 is 2.11 bits per heavy atom. The second-order valence-electron chi connectivity index (χ2n) is 6.08. The van der Waals surface area contributed by atoms with E-state index in [0.717, 1.165) is 25.7 Å². The number of hydrogen-bond donors (Lipinski definition) is 1. The summed E-state index contributed by atoms with van der Waals surface area (Å²) in [5, 5.41) is 2.73. The number of rotatable bonds is 4. The summed E-state index contributed by atoms with van der Waals surface area (Å²) >= 11 is 0. The molecule has 0 spiro atoms. The van der Waals surface area contributed by atoms with Gasteiger partial charge in [-0.25, -0.2) is 0 Å². The lowest BCUT2D eigenvalue weighted by molar-refractivity contribution is -0.141. The van der Waals surface area contributed by atoms with Crippen molar-refractivity contribution in [2.75, 3.05) is 0 Å². The third kappa shape index (κ3) is 4.59. The van der Waals surface area contributed by atoms with E-state index in [-0.39, 0.29) is 18.2 Å². The minimum Gasteiger partial charge on any atom is -0.347 e. The SMILES string of the molecule is CC(C)(C)C(=O)CC(=O)C(=O)NC1CCCCC1. The first-order valence-corrected chi connectivity index (χ1v) is 6.67. The van der Waals surface area contributed by atoms with Crippen molar-refractivity contribution in [1.82, 2.24) is 5.32 Å². The summed E-state index contributed by atoms with van der Waals surface area (Å²) in [6.45, 7) is 5.25. The molecule has 4 heteroatoms. The van der Waals surface area contributed by atoms with Gasteiger partial charge in [0.25, 0.3) is 5.91 Å². The monoisotopic (exact) mass is 253 g/mol. The highest BCUT2D eigenvalue weighted by atomic mass is 16.2. The molecule has 0 atom stereocenters. The van der Waals surface area contributed by atoms with Gasteiger partial charge < -0.3 is 5.32 Å². The maximum absolute atomic E-state index is 11.7. The summed E-state index contributed by atoms with van der Waals surface area (Å²) in [6, 6.07) is 0.111. The van der Waals surface area contributed by atoms with Crippen LogP contribution in [0.4, 0.5) is 0 Å². The Morgan fingerprint density at radius 2 is 1.61 bits per heavy atom. The van der Waals surface area contributed by atoms with Crippen LogP contribution in [0.1, 0.15) is 59.3 Å². The fraction of sp³-hybridized carbons (Fsp3) is 0.786. The lowest BCUT2D eigenvalue weighted by atomic mass is 9.88. The summed E-state index contributed by atoms with van der Waals surface area (Å²) in [5.41, 5.74) is -0.569. The molecule has 0 bridgehead atoms. The summed E-state index contributed by atoms with van der Waals surface area (Å²) < 4.78 is 0. The van der Waals surface area contributed by atoms with Crippen LogP contribution in [-0.2, 0) is 14.4 Å². The van der Waals surface area contributed by atoms with Crippen molar-refractivity contribution < 1.29 is 14.4 Å². The van der Waals surface area contributed by atoms with E-state index >= 15 is 0 Å². The first-order valence-electron chi connectivity index (χ1n) is 6.67. The van der Waals surface area contributed by atoms with E-state index in [0.29, 0.717) is 0 Å². The Morgan fingerprint density at radius 1 is 1.06 bits per heavy atom. The highest BCUT2D eigenvalue weighted by molar-refractivity contribution is 6.39. The molecule has 0 aromatic heterocycles. The van der Waals surface area contributed by atoms with Crippen LogP contribution in [-0.4, -0.2) is 23.5 Å². The molecule has 0 aliphatic heterocycles. The van der Waals surface area contributed by atoms with E-state index in [9.17, 15) is 14.4 Å². The van der Waals surface area contributed by atoms with E-state index < -0.39 is 17.1 Å². The minimum atomic E-state index is -0.611. The standard InChI is InChI=1S/C14H23NO3/c1-14(2,3)12(17)9-11(16)13(18)15-10-7-5-4-6-8-10/h10H,4-9H2,1-3H3,(H,15,18). The number of carbonyl (C=O) groups excluding carboxylic acids is 3. The van der Waals surface area contributed by atoms with Crippen LogP contribution in [0.5, 0.6) is 0 Å². The largest absolute Gasteiger partial charge is 0.347 e. The van der Waals surface area contributed by atoms with E-state index in [2.05, 4.69) is 5.32 Å². The van der Waals surface area contributed by atoms with Gasteiger partial charge in [-0.2, -0.15) is 0 Å². The van der Waals surface area contributed by atoms with Crippen molar-refractivity contribution in [3.63, 3.8) is 0 Å². The highest BCUT2D eigenvalue weighted by Crippen LogP contribution is 2.18. The molecule has 0 aromatic rings. The van der Waals surface area contributed by atoms with Crippen molar-refractivity contribution in [2.24, 2.45) is 5.41 Å². The van der Waals surface area contributed by atoms with Crippen LogP contribution in [0, 0.1) is 5.41 Å². The molecule has 0 saturated heterocycles. The first kappa shape index (κ1) is 14.9.